The van der Waals surface area contributed by atoms with Crippen molar-refractivity contribution < 1.29 is 9.63 Å². The highest BCUT2D eigenvalue weighted by Crippen LogP contribution is 2.15. The molecule has 0 spiro atoms. The lowest BCUT2D eigenvalue weighted by molar-refractivity contribution is 0.0552. The van der Waals surface area contributed by atoms with E-state index in [1.165, 1.54) is 16.5 Å². The summed E-state index contributed by atoms with van der Waals surface area (Å²) >= 11 is 0. The zero-order valence-corrected chi connectivity index (χ0v) is 18.6. The van der Waals surface area contributed by atoms with Crippen molar-refractivity contribution in [3.05, 3.63) is 81.6 Å². The van der Waals surface area contributed by atoms with E-state index in [0.29, 0.717) is 23.4 Å². The van der Waals surface area contributed by atoms with Gasteiger partial charge in [0.25, 0.3) is 5.91 Å². The van der Waals surface area contributed by atoms with Crippen molar-refractivity contribution in [1.29, 1.82) is 0 Å². The molecule has 0 saturated carbocycles. The summed E-state index contributed by atoms with van der Waals surface area (Å²) in [7, 11) is 0. The summed E-state index contributed by atoms with van der Waals surface area (Å²) in [6.45, 7) is 8.30. The van der Waals surface area contributed by atoms with Gasteiger partial charge >= 0.3 is 0 Å². The van der Waals surface area contributed by atoms with Crippen molar-refractivity contribution in [3.63, 3.8) is 0 Å². The highest BCUT2D eigenvalue weighted by molar-refractivity contribution is 5.96. The average molecular weight is 435 g/mol. The minimum Gasteiger partial charge on any atom is -0.411 e. The number of nitrogens with zero attached hydrogens (tertiary/aromatic N) is 2. The number of hydrogen-bond donors (Lipinski definition) is 2. The van der Waals surface area contributed by atoms with Crippen molar-refractivity contribution in [2.45, 2.75) is 39.0 Å². The molecule has 32 heavy (non-hydrogen) atoms. The highest BCUT2D eigenvalue weighted by Gasteiger charge is 2.18. The highest BCUT2D eigenvalue weighted by atomic mass is 16.7. The van der Waals surface area contributed by atoms with E-state index in [9.17, 15) is 9.59 Å². The molecule has 1 aliphatic heterocycles. The number of benzene rings is 2. The molecule has 1 amide bonds. The first-order valence-electron chi connectivity index (χ1n) is 11.1. The number of para-hydroxylation sites is 1. The zero-order chi connectivity index (χ0) is 22.7. The van der Waals surface area contributed by atoms with E-state index in [2.05, 4.69) is 41.4 Å². The fourth-order valence-electron chi connectivity index (χ4n) is 4.21. The molecule has 2 atom stereocenters. The third kappa shape index (κ3) is 4.84. The summed E-state index contributed by atoms with van der Waals surface area (Å²) in [5, 5.41) is 3.83. The predicted molar refractivity (Wildman–Crippen MR) is 126 cm³/mol. The van der Waals surface area contributed by atoms with Crippen LogP contribution in [-0.4, -0.2) is 47.3 Å². The lowest BCUT2D eigenvalue weighted by atomic mass is 10.1. The molecule has 2 unspecified atom stereocenters. The molecular weight excluding hydrogens is 404 g/mol. The summed E-state index contributed by atoms with van der Waals surface area (Å²) in [5.74, 6) is -0.764. The Bertz CT molecular complexity index is 1160. The van der Waals surface area contributed by atoms with Crippen molar-refractivity contribution in [2.75, 3.05) is 19.6 Å². The van der Waals surface area contributed by atoms with E-state index in [4.69, 9.17) is 10.6 Å². The van der Waals surface area contributed by atoms with Gasteiger partial charge in [-0.05, 0) is 37.1 Å². The van der Waals surface area contributed by atoms with Crippen LogP contribution in [0.3, 0.4) is 0 Å². The van der Waals surface area contributed by atoms with Gasteiger partial charge in [0.05, 0.1) is 11.7 Å². The Kier molecular flexibility index (Phi) is 6.58. The molecule has 0 radical (unpaired) electrons. The lowest BCUT2D eigenvalue weighted by Gasteiger charge is -2.33. The molecule has 7 heteroatoms. The zero-order valence-electron chi connectivity index (χ0n) is 18.6. The molecule has 1 aliphatic rings. The summed E-state index contributed by atoms with van der Waals surface area (Å²) < 4.78 is 1.49. The second kappa shape index (κ2) is 9.54. The van der Waals surface area contributed by atoms with Gasteiger partial charge in [-0.2, -0.15) is 4.73 Å². The first-order chi connectivity index (χ1) is 15.4. The summed E-state index contributed by atoms with van der Waals surface area (Å²) in [6.07, 6.45) is 1.90. The summed E-state index contributed by atoms with van der Waals surface area (Å²) in [4.78, 5) is 32.8. The Morgan fingerprint density at radius 3 is 2.62 bits per heavy atom. The van der Waals surface area contributed by atoms with Crippen LogP contribution in [0, 0.1) is 0 Å². The SMILES string of the molecule is CC(Cc1ccc(CN2CCNCC2C)cc1)On1cc(C(N)=O)c(=O)c2ccccc21. The van der Waals surface area contributed by atoms with E-state index in [0.717, 1.165) is 31.7 Å². The molecule has 3 N–H and O–H groups in total. The van der Waals surface area contributed by atoms with Crippen LogP contribution in [0.1, 0.15) is 35.3 Å². The van der Waals surface area contributed by atoms with Crippen molar-refractivity contribution in [1.82, 2.24) is 14.9 Å². The maximum Gasteiger partial charge on any atom is 0.254 e. The van der Waals surface area contributed by atoms with Crippen LogP contribution in [0.5, 0.6) is 0 Å². The summed E-state index contributed by atoms with van der Waals surface area (Å²) in [5.41, 5.74) is 8.01. The molecule has 2 aromatic carbocycles. The first kappa shape index (κ1) is 22.0. The van der Waals surface area contributed by atoms with E-state index in [1.54, 1.807) is 18.2 Å². The predicted octanol–water partition coefficient (Wildman–Crippen LogP) is 1.95. The number of amides is 1. The van der Waals surface area contributed by atoms with Crippen LogP contribution in [0.25, 0.3) is 10.9 Å². The van der Waals surface area contributed by atoms with Gasteiger partial charge in [-0.15, -0.1) is 0 Å². The van der Waals surface area contributed by atoms with Crippen molar-refractivity contribution in [2.24, 2.45) is 5.73 Å². The molecule has 0 bridgehead atoms. The molecule has 4 rings (SSSR count). The van der Waals surface area contributed by atoms with Crippen molar-refractivity contribution >= 4 is 16.8 Å². The molecule has 3 aromatic rings. The molecule has 168 valence electrons. The average Bonchev–Trinajstić information content (AvgIpc) is 2.78. The van der Waals surface area contributed by atoms with Crippen LogP contribution in [0.2, 0.25) is 0 Å². The summed E-state index contributed by atoms with van der Waals surface area (Å²) in [6, 6.07) is 16.2. The Hall–Kier alpha value is -3.16. The van der Waals surface area contributed by atoms with E-state index in [1.807, 2.05) is 13.0 Å². The number of carbonyl (C=O) groups is 1. The van der Waals surface area contributed by atoms with Gasteiger partial charge in [-0.1, -0.05) is 36.4 Å². The van der Waals surface area contributed by atoms with Crippen LogP contribution >= 0.6 is 0 Å². The largest absolute Gasteiger partial charge is 0.411 e. The van der Waals surface area contributed by atoms with Gasteiger partial charge in [0.2, 0.25) is 5.43 Å². The Balaban J connectivity index is 1.46. The number of pyridine rings is 1. The third-order valence-electron chi connectivity index (χ3n) is 6.01. The number of primary amides is 1. The van der Waals surface area contributed by atoms with Crippen LogP contribution in [0.15, 0.2) is 59.5 Å². The fourth-order valence-corrected chi connectivity index (χ4v) is 4.21. The van der Waals surface area contributed by atoms with Crippen molar-refractivity contribution in [3.8, 4) is 0 Å². The van der Waals surface area contributed by atoms with E-state index < -0.39 is 5.91 Å². The smallest absolute Gasteiger partial charge is 0.254 e. The van der Waals surface area contributed by atoms with Crippen LogP contribution < -0.4 is 21.3 Å². The number of piperazine rings is 1. The number of hydrogen-bond acceptors (Lipinski definition) is 5. The number of fused-ring (bicyclic) bond motifs is 1. The maximum atomic E-state index is 12.5. The number of rotatable bonds is 7. The van der Waals surface area contributed by atoms with Gasteiger partial charge in [0, 0.05) is 44.0 Å². The number of carbonyl (C=O) groups excluding carboxylic acids is 1. The topological polar surface area (TPSA) is 89.6 Å². The molecular formula is C25H30N4O3. The minimum atomic E-state index is -0.764. The Labute approximate surface area is 187 Å². The monoisotopic (exact) mass is 434 g/mol. The molecule has 1 aromatic heterocycles. The first-order valence-corrected chi connectivity index (χ1v) is 11.1. The fraction of sp³-hybridized carbons (Fsp3) is 0.360. The normalized spacial score (nSPS) is 17.9. The van der Waals surface area contributed by atoms with Gasteiger partial charge < -0.3 is 15.9 Å². The minimum absolute atomic E-state index is 0.0811. The second-order valence-electron chi connectivity index (χ2n) is 8.54. The second-order valence-corrected chi connectivity index (χ2v) is 8.54. The van der Waals surface area contributed by atoms with Crippen LogP contribution in [-0.2, 0) is 13.0 Å². The number of nitrogens with two attached hydrogens (primary N) is 1. The third-order valence-corrected chi connectivity index (χ3v) is 6.01. The standard InChI is InChI=1S/C25H30N4O3/c1-17-14-27-11-12-28(17)15-20-9-7-19(8-10-20)13-18(2)32-29-16-22(25(26)31)24(30)21-5-3-4-6-23(21)29/h3-10,16-18,27H,11-15H2,1-2H3,(H2,26,31). The van der Waals surface area contributed by atoms with Gasteiger partial charge in [-0.25, -0.2) is 0 Å². The lowest BCUT2D eigenvalue weighted by Crippen LogP contribution is -2.49. The molecule has 1 saturated heterocycles. The number of nitrogens with one attached hydrogen (secondary N) is 1. The molecule has 7 nitrogen and oxygen atoms in total. The van der Waals surface area contributed by atoms with Gasteiger partial charge in [-0.3, -0.25) is 14.5 Å². The quantitative estimate of drug-likeness (QED) is 0.593. The van der Waals surface area contributed by atoms with Gasteiger partial charge in [0.15, 0.2) is 0 Å². The maximum absolute atomic E-state index is 12.5. The van der Waals surface area contributed by atoms with Gasteiger partial charge in [0.1, 0.15) is 11.7 Å². The Morgan fingerprint density at radius 2 is 1.91 bits per heavy atom. The molecule has 2 heterocycles. The van der Waals surface area contributed by atoms with E-state index in [-0.39, 0.29) is 17.1 Å². The molecule has 1 fully saturated rings. The number of aromatic nitrogens is 1. The van der Waals surface area contributed by atoms with Crippen LogP contribution in [0.4, 0.5) is 0 Å². The molecule has 0 aliphatic carbocycles. The van der Waals surface area contributed by atoms with E-state index >= 15 is 0 Å². The Morgan fingerprint density at radius 1 is 1.19 bits per heavy atom.